The summed E-state index contributed by atoms with van der Waals surface area (Å²) < 4.78 is 6.55. The van der Waals surface area contributed by atoms with E-state index in [-0.39, 0.29) is 0 Å². The maximum atomic E-state index is 5.35. The van der Waals surface area contributed by atoms with Gasteiger partial charge < -0.3 is 9.73 Å². The third-order valence-corrected chi connectivity index (χ3v) is 4.50. The van der Waals surface area contributed by atoms with Crippen molar-refractivity contribution in [1.82, 2.24) is 0 Å². The Balaban J connectivity index is 1.93. The molecule has 1 aromatic carbocycles. The van der Waals surface area contributed by atoms with Gasteiger partial charge >= 0.3 is 0 Å². The molecule has 0 saturated carbocycles. The van der Waals surface area contributed by atoms with Crippen LogP contribution in [-0.4, -0.2) is 6.04 Å². The molecule has 19 heavy (non-hydrogen) atoms. The summed E-state index contributed by atoms with van der Waals surface area (Å²) in [6, 6.07) is 8.75. The number of anilines is 1. The fourth-order valence-electron chi connectivity index (χ4n) is 2.20. The number of halogens is 1. The number of nitrogens with one attached hydrogen (secondary N) is 1. The minimum absolute atomic E-state index is 0.421. The van der Waals surface area contributed by atoms with Gasteiger partial charge in [-0.05, 0) is 62.6 Å². The number of furan rings is 1. The smallest absolute Gasteiger partial charge is 0.103 e. The van der Waals surface area contributed by atoms with Crippen molar-refractivity contribution in [2.45, 2.75) is 39.7 Å². The Hall–Kier alpha value is -1.22. The second-order valence-corrected chi connectivity index (χ2v) is 5.88. The van der Waals surface area contributed by atoms with Gasteiger partial charge in [-0.1, -0.05) is 15.9 Å². The Labute approximate surface area is 123 Å². The van der Waals surface area contributed by atoms with Crippen LogP contribution in [0.3, 0.4) is 0 Å². The third-order valence-electron chi connectivity index (χ3n) is 3.25. The van der Waals surface area contributed by atoms with Gasteiger partial charge in [0.2, 0.25) is 0 Å². The van der Waals surface area contributed by atoms with E-state index in [1.165, 1.54) is 21.3 Å². The molecule has 1 N–H and O–H groups in total. The third kappa shape index (κ3) is 3.87. The Bertz CT molecular complexity index is 511. The predicted octanol–water partition coefficient (Wildman–Crippen LogP) is 5.09. The van der Waals surface area contributed by atoms with Crippen molar-refractivity contribution in [2.24, 2.45) is 0 Å². The largest absolute Gasteiger partial charge is 0.469 e. The van der Waals surface area contributed by atoms with Crippen LogP contribution in [0.1, 0.15) is 30.2 Å². The first-order valence-corrected chi connectivity index (χ1v) is 7.41. The van der Waals surface area contributed by atoms with E-state index in [9.17, 15) is 0 Å². The first-order chi connectivity index (χ1) is 9.06. The van der Waals surface area contributed by atoms with Crippen LogP contribution in [0.25, 0.3) is 0 Å². The van der Waals surface area contributed by atoms with E-state index in [0.717, 1.165) is 18.6 Å². The highest BCUT2D eigenvalue weighted by molar-refractivity contribution is 9.10. The molecular weight excluding hydrogens is 302 g/mol. The Morgan fingerprint density at radius 1 is 1.26 bits per heavy atom. The van der Waals surface area contributed by atoms with E-state index in [2.05, 4.69) is 54.2 Å². The zero-order valence-corrected chi connectivity index (χ0v) is 13.3. The molecule has 1 unspecified atom stereocenters. The molecule has 0 aliphatic rings. The van der Waals surface area contributed by atoms with Crippen LogP contribution in [0.15, 0.2) is 39.4 Å². The van der Waals surface area contributed by atoms with Gasteiger partial charge in [0.15, 0.2) is 0 Å². The topological polar surface area (TPSA) is 25.2 Å². The molecule has 2 rings (SSSR count). The van der Waals surface area contributed by atoms with E-state index < -0.39 is 0 Å². The summed E-state index contributed by atoms with van der Waals surface area (Å²) in [5.41, 5.74) is 3.71. The van der Waals surface area contributed by atoms with Gasteiger partial charge in [-0.25, -0.2) is 0 Å². The Morgan fingerprint density at radius 2 is 1.95 bits per heavy atom. The van der Waals surface area contributed by atoms with Crippen molar-refractivity contribution >= 4 is 21.6 Å². The Morgan fingerprint density at radius 3 is 2.53 bits per heavy atom. The normalized spacial score (nSPS) is 12.4. The van der Waals surface area contributed by atoms with Gasteiger partial charge in [-0.2, -0.15) is 0 Å². The van der Waals surface area contributed by atoms with Crippen LogP contribution in [0.5, 0.6) is 0 Å². The van der Waals surface area contributed by atoms with Gasteiger partial charge in [0.05, 0.1) is 6.26 Å². The van der Waals surface area contributed by atoms with Crippen LogP contribution in [0.4, 0.5) is 5.69 Å². The molecule has 2 nitrogen and oxygen atoms in total. The monoisotopic (exact) mass is 321 g/mol. The number of hydrogen-bond acceptors (Lipinski definition) is 2. The van der Waals surface area contributed by atoms with E-state index in [1.807, 2.05) is 12.1 Å². The SMILES string of the molecule is Cc1cc(NC(C)CCc2ccco2)cc(C)c1Br. The second-order valence-electron chi connectivity index (χ2n) is 5.09. The minimum atomic E-state index is 0.421. The molecule has 0 saturated heterocycles. The van der Waals surface area contributed by atoms with Crippen molar-refractivity contribution in [3.8, 4) is 0 Å². The van der Waals surface area contributed by atoms with Gasteiger partial charge in [-0.15, -0.1) is 0 Å². The summed E-state index contributed by atoms with van der Waals surface area (Å²) in [5.74, 6) is 1.05. The highest BCUT2D eigenvalue weighted by atomic mass is 79.9. The zero-order chi connectivity index (χ0) is 13.8. The standard InChI is InChI=1S/C16H20BrNO/c1-11-9-14(10-12(2)16(11)17)18-13(3)6-7-15-5-4-8-19-15/h4-5,8-10,13,18H,6-7H2,1-3H3. The summed E-state index contributed by atoms with van der Waals surface area (Å²) in [7, 11) is 0. The van der Waals surface area contributed by atoms with Gasteiger partial charge in [-0.3, -0.25) is 0 Å². The van der Waals surface area contributed by atoms with Crippen molar-refractivity contribution in [1.29, 1.82) is 0 Å². The van der Waals surface area contributed by atoms with Crippen LogP contribution in [0.2, 0.25) is 0 Å². The van der Waals surface area contributed by atoms with E-state index in [0.29, 0.717) is 6.04 Å². The van der Waals surface area contributed by atoms with Gasteiger partial charge in [0, 0.05) is 22.6 Å². The lowest BCUT2D eigenvalue weighted by molar-refractivity contribution is 0.495. The first-order valence-electron chi connectivity index (χ1n) is 6.62. The van der Waals surface area contributed by atoms with Gasteiger partial charge in [0.25, 0.3) is 0 Å². The Kier molecular flexibility index (Phi) is 4.70. The number of benzene rings is 1. The van der Waals surface area contributed by atoms with E-state index in [1.54, 1.807) is 6.26 Å². The molecule has 1 atom stereocenters. The quantitative estimate of drug-likeness (QED) is 0.829. The fourth-order valence-corrected chi connectivity index (χ4v) is 2.43. The summed E-state index contributed by atoms with van der Waals surface area (Å²) >= 11 is 3.60. The molecule has 0 aliphatic heterocycles. The lowest BCUT2D eigenvalue weighted by atomic mass is 10.1. The molecule has 1 aromatic heterocycles. The number of hydrogen-bond donors (Lipinski definition) is 1. The highest BCUT2D eigenvalue weighted by Gasteiger charge is 2.07. The average molecular weight is 322 g/mol. The maximum absolute atomic E-state index is 5.35. The first kappa shape index (κ1) is 14.2. The summed E-state index contributed by atoms with van der Waals surface area (Å²) in [5, 5.41) is 3.55. The van der Waals surface area contributed by atoms with Crippen molar-refractivity contribution < 1.29 is 4.42 Å². The molecule has 0 fully saturated rings. The molecule has 102 valence electrons. The predicted molar refractivity (Wildman–Crippen MR) is 83.7 cm³/mol. The summed E-state index contributed by atoms with van der Waals surface area (Å²) in [4.78, 5) is 0. The minimum Gasteiger partial charge on any atom is -0.469 e. The molecule has 0 bridgehead atoms. The van der Waals surface area contributed by atoms with Crippen molar-refractivity contribution in [2.75, 3.05) is 5.32 Å². The summed E-state index contributed by atoms with van der Waals surface area (Å²) in [6.45, 7) is 6.45. The lowest BCUT2D eigenvalue weighted by Crippen LogP contribution is -2.16. The molecule has 1 heterocycles. The molecular formula is C16H20BrNO. The summed E-state index contributed by atoms with van der Waals surface area (Å²) in [6.07, 6.45) is 3.76. The molecule has 2 aromatic rings. The maximum Gasteiger partial charge on any atom is 0.103 e. The molecule has 0 radical (unpaired) electrons. The van der Waals surface area contributed by atoms with Crippen LogP contribution >= 0.6 is 15.9 Å². The number of rotatable bonds is 5. The van der Waals surface area contributed by atoms with Crippen molar-refractivity contribution in [3.63, 3.8) is 0 Å². The van der Waals surface area contributed by atoms with Crippen LogP contribution in [-0.2, 0) is 6.42 Å². The fraction of sp³-hybridized carbons (Fsp3) is 0.375. The molecule has 0 amide bonds. The van der Waals surface area contributed by atoms with Gasteiger partial charge in [0.1, 0.15) is 5.76 Å². The van der Waals surface area contributed by atoms with Crippen molar-refractivity contribution in [3.05, 3.63) is 51.9 Å². The second kappa shape index (κ2) is 6.29. The highest BCUT2D eigenvalue weighted by Crippen LogP contribution is 2.25. The van der Waals surface area contributed by atoms with E-state index in [4.69, 9.17) is 4.42 Å². The van der Waals surface area contributed by atoms with Crippen LogP contribution in [0, 0.1) is 13.8 Å². The van der Waals surface area contributed by atoms with Crippen LogP contribution < -0.4 is 5.32 Å². The molecule has 0 aliphatic carbocycles. The zero-order valence-electron chi connectivity index (χ0n) is 11.7. The molecule has 3 heteroatoms. The lowest BCUT2D eigenvalue weighted by Gasteiger charge is -2.16. The molecule has 0 spiro atoms. The van der Waals surface area contributed by atoms with E-state index >= 15 is 0 Å². The average Bonchev–Trinajstić information content (AvgIpc) is 2.86. The number of aryl methyl sites for hydroxylation is 3.